The number of imide groups is 1. The van der Waals surface area contributed by atoms with Gasteiger partial charge in [0.25, 0.3) is 5.91 Å². The molecule has 1 aromatic heterocycles. The number of aromatic nitrogens is 1. The van der Waals surface area contributed by atoms with Crippen LogP contribution >= 0.6 is 11.3 Å². The van der Waals surface area contributed by atoms with E-state index in [-0.39, 0.29) is 18.6 Å². The third kappa shape index (κ3) is 3.01. The van der Waals surface area contributed by atoms with Crippen molar-refractivity contribution in [1.29, 1.82) is 0 Å². The Bertz CT molecular complexity index is 1080. The summed E-state index contributed by atoms with van der Waals surface area (Å²) in [7, 11) is 1.91. The monoisotopic (exact) mass is 406 g/mol. The molecule has 1 saturated heterocycles. The van der Waals surface area contributed by atoms with Gasteiger partial charge in [-0.25, -0.2) is 14.7 Å². The molecule has 5 rings (SSSR count). The first kappa shape index (κ1) is 18.3. The van der Waals surface area contributed by atoms with Gasteiger partial charge in [0.2, 0.25) is 0 Å². The number of carbonyl (C=O) groups excluding carboxylic acids is 2. The molecule has 29 heavy (non-hydrogen) atoms. The van der Waals surface area contributed by atoms with Gasteiger partial charge < -0.3 is 5.32 Å². The molecule has 0 bridgehead atoms. The average Bonchev–Trinajstić information content (AvgIpc) is 3.22. The van der Waals surface area contributed by atoms with Crippen LogP contribution in [0.25, 0.3) is 10.2 Å². The zero-order valence-corrected chi connectivity index (χ0v) is 17.0. The third-order valence-corrected chi connectivity index (χ3v) is 6.80. The number of nitrogens with zero attached hydrogens (tertiary/aromatic N) is 3. The first-order chi connectivity index (χ1) is 14.1. The molecule has 2 aromatic carbocycles. The van der Waals surface area contributed by atoms with Crippen molar-refractivity contribution in [2.24, 2.45) is 0 Å². The first-order valence-electron chi connectivity index (χ1n) is 9.82. The molecule has 7 heteroatoms. The Morgan fingerprint density at radius 2 is 1.97 bits per heavy atom. The van der Waals surface area contributed by atoms with Crippen LogP contribution in [0.3, 0.4) is 0 Å². The molecule has 1 aliphatic heterocycles. The highest BCUT2D eigenvalue weighted by atomic mass is 32.1. The number of thiazole rings is 1. The van der Waals surface area contributed by atoms with Gasteiger partial charge >= 0.3 is 6.03 Å². The number of nitrogens with one attached hydrogen (secondary N) is 1. The number of para-hydroxylation sites is 1. The van der Waals surface area contributed by atoms with Crippen LogP contribution in [-0.4, -0.2) is 40.4 Å². The molecule has 0 radical (unpaired) electrons. The number of hydrogen-bond donors (Lipinski definition) is 1. The van der Waals surface area contributed by atoms with Crippen LogP contribution in [-0.2, 0) is 23.3 Å². The fourth-order valence-corrected chi connectivity index (χ4v) is 5.50. The average molecular weight is 407 g/mol. The number of hydrogen-bond acceptors (Lipinski definition) is 5. The molecule has 2 aliphatic rings. The highest BCUT2D eigenvalue weighted by molar-refractivity contribution is 7.18. The van der Waals surface area contributed by atoms with Crippen molar-refractivity contribution in [3.05, 3.63) is 64.7 Å². The van der Waals surface area contributed by atoms with Gasteiger partial charge in [-0.3, -0.25) is 9.69 Å². The second-order valence-corrected chi connectivity index (χ2v) is 8.93. The standard InChI is InChI=1S/C22H22N4O2S/c1-25(13-19-23-17-10-4-5-11-18(17)29-19)14-26-20(27)22(24-21(26)28)12-6-8-15-7-2-3-9-16(15)22/h2-5,7,9-11H,6,8,12-14H2,1H3,(H,24,28)/t22-/m1/s1. The van der Waals surface area contributed by atoms with Crippen molar-refractivity contribution in [3.63, 3.8) is 0 Å². The molecular weight excluding hydrogens is 384 g/mol. The maximum atomic E-state index is 13.4. The summed E-state index contributed by atoms with van der Waals surface area (Å²) in [6, 6.07) is 15.7. The lowest BCUT2D eigenvalue weighted by molar-refractivity contribution is -0.133. The number of amides is 3. The van der Waals surface area contributed by atoms with Gasteiger partial charge in [-0.15, -0.1) is 11.3 Å². The largest absolute Gasteiger partial charge is 0.326 e. The summed E-state index contributed by atoms with van der Waals surface area (Å²) in [6.07, 6.45) is 2.48. The van der Waals surface area contributed by atoms with Crippen molar-refractivity contribution in [2.75, 3.05) is 13.7 Å². The number of aryl methyl sites for hydroxylation is 1. The molecule has 0 unspecified atom stereocenters. The minimum Gasteiger partial charge on any atom is -0.319 e. The number of urea groups is 1. The Hall–Kier alpha value is -2.77. The SMILES string of the molecule is CN(Cc1nc2ccccc2s1)CN1C(=O)N[C@@]2(CCCc3ccccc32)C1=O. The van der Waals surface area contributed by atoms with Crippen LogP contribution in [0.15, 0.2) is 48.5 Å². The van der Waals surface area contributed by atoms with Crippen LogP contribution in [0.5, 0.6) is 0 Å². The molecule has 6 nitrogen and oxygen atoms in total. The predicted octanol–water partition coefficient (Wildman–Crippen LogP) is 3.47. The van der Waals surface area contributed by atoms with Crippen LogP contribution in [0.2, 0.25) is 0 Å². The van der Waals surface area contributed by atoms with Gasteiger partial charge in [0, 0.05) is 0 Å². The summed E-state index contributed by atoms with van der Waals surface area (Å²) in [6.45, 7) is 0.824. The van der Waals surface area contributed by atoms with Crippen LogP contribution in [0, 0.1) is 0 Å². The van der Waals surface area contributed by atoms with Crippen LogP contribution < -0.4 is 5.32 Å². The predicted molar refractivity (Wildman–Crippen MR) is 112 cm³/mol. The highest BCUT2D eigenvalue weighted by Crippen LogP contribution is 2.39. The van der Waals surface area contributed by atoms with E-state index in [0.717, 1.165) is 39.2 Å². The molecule has 2 heterocycles. The summed E-state index contributed by atoms with van der Waals surface area (Å²) < 4.78 is 1.14. The minimum atomic E-state index is -0.914. The molecule has 1 spiro atoms. The topological polar surface area (TPSA) is 65.5 Å². The van der Waals surface area contributed by atoms with Crippen LogP contribution in [0.1, 0.15) is 29.0 Å². The van der Waals surface area contributed by atoms with E-state index in [1.165, 1.54) is 4.90 Å². The number of fused-ring (bicyclic) bond motifs is 3. The molecule has 0 saturated carbocycles. The summed E-state index contributed by atoms with van der Waals surface area (Å²) in [5.74, 6) is -0.147. The van der Waals surface area contributed by atoms with E-state index in [1.807, 2.05) is 48.3 Å². The quantitative estimate of drug-likeness (QED) is 0.674. The van der Waals surface area contributed by atoms with Crippen molar-refractivity contribution in [2.45, 2.75) is 31.3 Å². The second-order valence-electron chi connectivity index (χ2n) is 7.81. The van der Waals surface area contributed by atoms with E-state index < -0.39 is 5.54 Å². The van der Waals surface area contributed by atoms with Crippen molar-refractivity contribution >= 4 is 33.5 Å². The maximum Gasteiger partial charge on any atom is 0.326 e. The first-order valence-corrected chi connectivity index (χ1v) is 10.6. The zero-order chi connectivity index (χ0) is 20.0. The Morgan fingerprint density at radius 3 is 2.83 bits per heavy atom. The summed E-state index contributed by atoms with van der Waals surface area (Å²) in [5, 5.41) is 3.98. The number of carbonyl (C=O) groups is 2. The molecule has 1 N–H and O–H groups in total. The second kappa shape index (κ2) is 6.93. The Balaban J connectivity index is 1.35. The van der Waals surface area contributed by atoms with Gasteiger partial charge in [-0.2, -0.15) is 0 Å². The Morgan fingerprint density at radius 1 is 1.17 bits per heavy atom. The molecule has 3 aromatic rings. The smallest absolute Gasteiger partial charge is 0.319 e. The summed E-state index contributed by atoms with van der Waals surface area (Å²) in [4.78, 5) is 34.1. The normalized spacial score (nSPS) is 21.2. The van der Waals surface area contributed by atoms with E-state index in [2.05, 4.69) is 22.4 Å². The molecule has 3 amide bonds. The molecule has 1 atom stereocenters. The van der Waals surface area contributed by atoms with Crippen LogP contribution in [0.4, 0.5) is 4.79 Å². The van der Waals surface area contributed by atoms with Gasteiger partial charge in [0.05, 0.1) is 23.4 Å². The van der Waals surface area contributed by atoms with E-state index in [4.69, 9.17) is 0 Å². The molecular formula is C22H22N4O2S. The Labute approximate surface area is 173 Å². The lowest BCUT2D eigenvalue weighted by Crippen LogP contribution is -2.47. The maximum absolute atomic E-state index is 13.4. The fraction of sp³-hybridized carbons (Fsp3) is 0.318. The zero-order valence-electron chi connectivity index (χ0n) is 16.2. The number of rotatable bonds is 4. The van der Waals surface area contributed by atoms with Crippen molar-refractivity contribution in [3.8, 4) is 0 Å². The van der Waals surface area contributed by atoms with E-state index >= 15 is 0 Å². The van der Waals surface area contributed by atoms with Gasteiger partial charge in [-0.1, -0.05) is 36.4 Å². The fourth-order valence-electron chi connectivity index (χ4n) is 4.45. The lowest BCUT2D eigenvalue weighted by atomic mass is 9.76. The molecule has 1 aliphatic carbocycles. The van der Waals surface area contributed by atoms with Gasteiger partial charge in [-0.05, 0) is 49.6 Å². The van der Waals surface area contributed by atoms with Gasteiger partial charge in [0.1, 0.15) is 10.5 Å². The molecule has 148 valence electrons. The van der Waals surface area contributed by atoms with E-state index in [1.54, 1.807) is 11.3 Å². The minimum absolute atomic E-state index is 0.147. The van der Waals surface area contributed by atoms with Crippen molar-refractivity contribution < 1.29 is 9.59 Å². The van der Waals surface area contributed by atoms with Crippen molar-refractivity contribution in [1.82, 2.24) is 20.1 Å². The van der Waals surface area contributed by atoms with E-state index in [0.29, 0.717) is 13.0 Å². The third-order valence-electron chi connectivity index (χ3n) is 5.78. The molecule has 1 fully saturated rings. The van der Waals surface area contributed by atoms with Gasteiger partial charge in [0.15, 0.2) is 0 Å². The highest BCUT2D eigenvalue weighted by Gasteiger charge is 2.53. The lowest BCUT2D eigenvalue weighted by Gasteiger charge is -2.33. The summed E-state index contributed by atoms with van der Waals surface area (Å²) in [5.41, 5.74) is 2.16. The summed E-state index contributed by atoms with van der Waals surface area (Å²) >= 11 is 1.64. The Kier molecular flexibility index (Phi) is 4.37. The van der Waals surface area contributed by atoms with E-state index in [9.17, 15) is 9.59 Å². The number of benzene rings is 2.